The molecule has 0 heterocycles. The van der Waals surface area contributed by atoms with Crippen LogP contribution in [0.3, 0.4) is 0 Å². The summed E-state index contributed by atoms with van der Waals surface area (Å²) in [5, 5.41) is 0.204. The van der Waals surface area contributed by atoms with Crippen molar-refractivity contribution in [3.63, 3.8) is 0 Å². The molecule has 2 rings (SSSR count). The highest BCUT2D eigenvalue weighted by atomic mass is 35.5. The van der Waals surface area contributed by atoms with Crippen LogP contribution in [-0.4, -0.2) is 5.78 Å². The number of ketones is 1. The first-order valence-corrected chi connectivity index (χ1v) is 6.12. The van der Waals surface area contributed by atoms with Gasteiger partial charge in [0.1, 0.15) is 0 Å². The molecule has 0 amide bonds. The minimum absolute atomic E-state index is 0.0227. The van der Waals surface area contributed by atoms with Gasteiger partial charge in [0.05, 0.1) is 15.6 Å². The molecule has 98 valence electrons. The minimum Gasteiger partial charge on any atom is -0.288 e. The molecule has 0 atom stereocenters. The van der Waals surface area contributed by atoms with Gasteiger partial charge in [-0.2, -0.15) is 0 Å². The quantitative estimate of drug-likeness (QED) is 0.727. The number of aryl methyl sites for hydroxylation is 1. The zero-order valence-electron chi connectivity index (χ0n) is 9.81. The number of carbonyl (C=O) groups is 1. The third-order valence-corrected chi connectivity index (χ3v) is 3.54. The van der Waals surface area contributed by atoms with Gasteiger partial charge in [-0.1, -0.05) is 35.3 Å². The van der Waals surface area contributed by atoms with Crippen LogP contribution in [0.5, 0.6) is 0 Å². The molecule has 2 aromatic carbocycles. The molecule has 1 nitrogen and oxygen atoms in total. The Morgan fingerprint density at radius 2 is 1.68 bits per heavy atom. The fraction of sp³-hybridized carbons (Fsp3) is 0.0714. The van der Waals surface area contributed by atoms with Crippen molar-refractivity contribution in [1.82, 2.24) is 0 Å². The molecule has 0 aliphatic rings. The van der Waals surface area contributed by atoms with Crippen molar-refractivity contribution in [2.75, 3.05) is 0 Å². The molecule has 19 heavy (non-hydrogen) atoms. The standard InChI is InChI=1S/C14H8Cl2F2O/c1-7-5-6-9(13(18)12(7)17)14(19)8-3-2-4-10(15)11(8)16/h2-6H,1H3. The second kappa shape index (κ2) is 5.27. The molecular formula is C14H8Cl2F2O. The van der Waals surface area contributed by atoms with Gasteiger partial charge in [0.2, 0.25) is 0 Å². The van der Waals surface area contributed by atoms with Gasteiger partial charge in [0.25, 0.3) is 0 Å². The predicted octanol–water partition coefficient (Wildman–Crippen LogP) is 4.81. The van der Waals surface area contributed by atoms with Crippen LogP contribution >= 0.6 is 23.2 Å². The van der Waals surface area contributed by atoms with Crippen molar-refractivity contribution in [3.05, 3.63) is 68.7 Å². The smallest absolute Gasteiger partial charge is 0.197 e. The number of hydrogen-bond acceptors (Lipinski definition) is 1. The van der Waals surface area contributed by atoms with E-state index in [0.29, 0.717) is 0 Å². The van der Waals surface area contributed by atoms with E-state index in [0.717, 1.165) is 0 Å². The van der Waals surface area contributed by atoms with E-state index in [1.165, 1.54) is 37.3 Å². The largest absolute Gasteiger partial charge is 0.288 e. The number of rotatable bonds is 2. The van der Waals surface area contributed by atoms with E-state index in [1.54, 1.807) is 0 Å². The van der Waals surface area contributed by atoms with E-state index >= 15 is 0 Å². The highest BCUT2D eigenvalue weighted by Gasteiger charge is 2.21. The summed E-state index contributed by atoms with van der Waals surface area (Å²) in [7, 11) is 0. The minimum atomic E-state index is -1.18. The van der Waals surface area contributed by atoms with Gasteiger partial charge in [-0.05, 0) is 30.7 Å². The summed E-state index contributed by atoms with van der Waals surface area (Å²) in [5.74, 6) is -2.92. The Balaban J connectivity index is 2.57. The Hall–Kier alpha value is -1.45. The van der Waals surface area contributed by atoms with Crippen molar-refractivity contribution in [3.8, 4) is 0 Å². The number of halogens is 4. The number of carbonyl (C=O) groups excluding carboxylic acids is 1. The molecule has 0 aliphatic carbocycles. The zero-order chi connectivity index (χ0) is 14.2. The zero-order valence-corrected chi connectivity index (χ0v) is 11.3. The monoisotopic (exact) mass is 300 g/mol. The van der Waals surface area contributed by atoms with Crippen LogP contribution < -0.4 is 0 Å². The van der Waals surface area contributed by atoms with Gasteiger partial charge < -0.3 is 0 Å². The molecule has 0 radical (unpaired) electrons. The Bertz CT molecular complexity index is 669. The SMILES string of the molecule is Cc1ccc(C(=O)c2cccc(Cl)c2Cl)c(F)c1F. The molecule has 0 fully saturated rings. The van der Waals surface area contributed by atoms with Crippen LogP contribution in [0.4, 0.5) is 8.78 Å². The lowest BCUT2D eigenvalue weighted by Crippen LogP contribution is -2.07. The first kappa shape index (κ1) is 14.0. The lowest BCUT2D eigenvalue weighted by atomic mass is 10.0. The van der Waals surface area contributed by atoms with E-state index in [9.17, 15) is 13.6 Å². The van der Waals surface area contributed by atoms with Crippen LogP contribution in [0.25, 0.3) is 0 Å². The Labute approximate surface area is 118 Å². The summed E-state index contributed by atoms with van der Waals surface area (Å²) >= 11 is 11.7. The lowest BCUT2D eigenvalue weighted by Gasteiger charge is -2.07. The highest BCUT2D eigenvalue weighted by molar-refractivity contribution is 6.44. The van der Waals surface area contributed by atoms with Gasteiger partial charge in [-0.3, -0.25) is 4.79 Å². The van der Waals surface area contributed by atoms with Crippen LogP contribution in [0.15, 0.2) is 30.3 Å². The lowest BCUT2D eigenvalue weighted by molar-refractivity contribution is 0.103. The first-order valence-electron chi connectivity index (χ1n) is 5.36. The van der Waals surface area contributed by atoms with Gasteiger partial charge in [-0.25, -0.2) is 8.78 Å². The van der Waals surface area contributed by atoms with Crippen molar-refractivity contribution in [2.45, 2.75) is 6.92 Å². The molecule has 0 saturated heterocycles. The second-order valence-corrected chi connectivity index (χ2v) is 4.77. The van der Waals surface area contributed by atoms with E-state index in [2.05, 4.69) is 0 Å². The van der Waals surface area contributed by atoms with Gasteiger partial charge in [0, 0.05) is 5.56 Å². The van der Waals surface area contributed by atoms with Gasteiger partial charge >= 0.3 is 0 Å². The van der Waals surface area contributed by atoms with Crippen LogP contribution in [0.1, 0.15) is 21.5 Å². The third-order valence-electron chi connectivity index (χ3n) is 2.72. The fourth-order valence-corrected chi connectivity index (χ4v) is 2.03. The summed E-state index contributed by atoms with van der Waals surface area (Å²) < 4.78 is 27.2. The summed E-state index contributed by atoms with van der Waals surface area (Å²) in [6.07, 6.45) is 0. The van der Waals surface area contributed by atoms with Crippen molar-refractivity contribution < 1.29 is 13.6 Å². The van der Waals surface area contributed by atoms with E-state index in [4.69, 9.17) is 23.2 Å². The van der Waals surface area contributed by atoms with Crippen LogP contribution in [0, 0.1) is 18.6 Å². The first-order chi connectivity index (χ1) is 8.93. The molecule has 0 saturated carbocycles. The normalized spacial score (nSPS) is 10.6. The Morgan fingerprint density at radius 3 is 2.37 bits per heavy atom. The van der Waals surface area contributed by atoms with E-state index < -0.39 is 17.4 Å². The van der Waals surface area contributed by atoms with E-state index in [-0.39, 0.29) is 26.7 Å². The summed E-state index contributed by atoms with van der Waals surface area (Å²) in [6.45, 7) is 1.42. The average Bonchev–Trinajstić information content (AvgIpc) is 2.39. The Morgan fingerprint density at radius 1 is 1.00 bits per heavy atom. The number of hydrogen-bond donors (Lipinski definition) is 0. The third kappa shape index (κ3) is 2.48. The predicted molar refractivity (Wildman–Crippen MR) is 71.0 cm³/mol. The van der Waals surface area contributed by atoms with Crippen LogP contribution in [-0.2, 0) is 0 Å². The topological polar surface area (TPSA) is 17.1 Å². The second-order valence-electron chi connectivity index (χ2n) is 3.99. The summed E-state index contributed by atoms with van der Waals surface area (Å²) in [4.78, 5) is 12.2. The Kier molecular flexibility index (Phi) is 3.88. The van der Waals surface area contributed by atoms with Crippen LogP contribution in [0.2, 0.25) is 10.0 Å². The molecule has 2 aromatic rings. The van der Waals surface area contributed by atoms with Crippen molar-refractivity contribution >= 4 is 29.0 Å². The molecule has 0 unspecified atom stereocenters. The molecule has 0 spiro atoms. The van der Waals surface area contributed by atoms with Crippen molar-refractivity contribution in [1.29, 1.82) is 0 Å². The van der Waals surface area contributed by atoms with Gasteiger partial charge in [0.15, 0.2) is 17.4 Å². The molecule has 0 aromatic heterocycles. The van der Waals surface area contributed by atoms with E-state index in [1.807, 2.05) is 0 Å². The summed E-state index contributed by atoms with van der Waals surface area (Å²) in [5.41, 5.74) is -0.199. The van der Waals surface area contributed by atoms with Crippen molar-refractivity contribution in [2.24, 2.45) is 0 Å². The molecule has 0 N–H and O–H groups in total. The van der Waals surface area contributed by atoms with Gasteiger partial charge in [-0.15, -0.1) is 0 Å². The average molecular weight is 301 g/mol. The fourth-order valence-electron chi connectivity index (χ4n) is 1.65. The maximum absolute atomic E-state index is 13.8. The summed E-state index contributed by atoms with van der Waals surface area (Å²) in [6, 6.07) is 7.00. The highest BCUT2D eigenvalue weighted by Crippen LogP contribution is 2.28. The maximum Gasteiger partial charge on any atom is 0.197 e. The maximum atomic E-state index is 13.8. The molecular weight excluding hydrogens is 293 g/mol. The number of benzene rings is 2. The molecule has 0 aliphatic heterocycles. The molecule has 0 bridgehead atoms. The molecule has 5 heteroatoms.